The molecule has 8 heteroatoms. The molecule has 2 aromatic rings. The Kier molecular flexibility index (Phi) is 5.08. The van der Waals surface area contributed by atoms with Gasteiger partial charge in [0.25, 0.3) is 5.56 Å². The molecular weight excluding hydrogens is 384 g/mol. The smallest absolute Gasteiger partial charge is 0.282 e. The van der Waals surface area contributed by atoms with Gasteiger partial charge in [0, 0.05) is 50.9 Å². The average Bonchev–Trinajstić information content (AvgIpc) is 2.59. The molecule has 0 amide bonds. The molecule has 3 rings (SSSR count). The normalized spacial score (nSPS) is 15.1. The zero-order valence-electron chi connectivity index (χ0n) is 15.0. The molecule has 7 nitrogen and oxygen atoms in total. The summed E-state index contributed by atoms with van der Waals surface area (Å²) in [7, 11) is 1.65. The van der Waals surface area contributed by atoms with E-state index in [0.717, 1.165) is 49.2 Å². The predicted molar refractivity (Wildman–Crippen MR) is 102 cm³/mol. The van der Waals surface area contributed by atoms with Crippen LogP contribution < -0.4 is 15.4 Å². The Morgan fingerprint density at radius 2 is 1.76 bits per heavy atom. The van der Waals surface area contributed by atoms with Gasteiger partial charge in [0.1, 0.15) is 16.1 Å². The van der Waals surface area contributed by atoms with E-state index in [1.54, 1.807) is 13.2 Å². The minimum absolute atomic E-state index is 0.118. The zero-order valence-corrected chi connectivity index (χ0v) is 16.6. The molecule has 0 aromatic carbocycles. The maximum Gasteiger partial charge on any atom is 0.282 e. The van der Waals surface area contributed by atoms with Crippen LogP contribution in [0, 0.1) is 6.92 Å². The Morgan fingerprint density at radius 1 is 1.12 bits per heavy atom. The number of aromatic nitrogens is 4. The van der Waals surface area contributed by atoms with Gasteiger partial charge in [-0.2, -0.15) is 5.10 Å². The lowest BCUT2D eigenvalue weighted by atomic mass is 10.2. The molecule has 3 heterocycles. The van der Waals surface area contributed by atoms with Gasteiger partial charge in [0.15, 0.2) is 0 Å². The van der Waals surface area contributed by atoms with Gasteiger partial charge in [0.05, 0.1) is 11.9 Å². The molecule has 1 aliphatic heterocycles. The third kappa shape index (κ3) is 3.68. The van der Waals surface area contributed by atoms with Crippen LogP contribution in [0.3, 0.4) is 0 Å². The molecule has 25 heavy (non-hydrogen) atoms. The summed E-state index contributed by atoms with van der Waals surface area (Å²) >= 11 is 3.41. The third-order valence-corrected chi connectivity index (χ3v) is 5.12. The molecule has 134 valence electrons. The van der Waals surface area contributed by atoms with Crippen LogP contribution in [0.2, 0.25) is 0 Å². The molecule has 0 atom stereocenters. The van der Waals surface area contributed by atoms with E-state index in [1.165, 1.54) is 4.68 Å². The van der Waals surface area contributed by atoms with Crippen LogP contribution in [-0.4, -0.2) is 45.9 Å². The van der Waals surface area contributed by atoms with Crippen molar-refractivity contribution in [2.24, 2.45) is 7.05 Å². The van der Waals surface area contributed by atoms with E-state index in [4.69, 9.17) is 4.98 Å². The molecule has 1 fully saturated rings. The van der Waals surface area contributed by atoms with Gasteiger partial charge in [-0.3, -0.25) is 4.79 Å². The first-order valence-electron chi connectivity index (χ1n) is 8.44. The molecule has 0 spiro atoms. The summed E-state index contributed by atoms with van der Waals surface area (Å²) in [5, 5.41) is 4.13. The maximum absolute atomic E-state index is 12.1. The number of piperazine rings is 1. The second-order valence-corrected chi connectivity index (χ2v) is 7.42. The summed E-state index contributed by atoms with van der Waals surface area (Å²) in [6.45, 7) is 9.54. The summed E-state index contributed by atoms with van der Waals surface area (Å²) in [6.07, 6.45) is 1.74. The monoisotopic (exact) mass is 406 g/mol. The number of hydrogen-bond acceptors (Lipinski definition) is 6. The summed E-state index contributed by atoms with van der Waals surface area (Å²) in [5.74, 6) is 2.18. The fraction of sp³-hybridized carbons (Fsp3) is 0.529. The lowest BCUT2D eigenvalue weighted by Gasteiger charge is -2.37. The molecule has 1 saturated heterocycles. The fourth-order valence-corrected chi connectivity index (χ4v) is 3.50. The van der Waals surface area contributed by atoms with Gasteiger partial charge >= 0.3 is 0 Å². The molecule has 0 saturated carbocycles. The minimum Gasteiger partial charge on any atom is -0.366 e. The lowest BCUT2D eigenvalue weighted by molar-refractivity contribution is 0.631. The molecule has 0 radical (unpaired) electrons. The number of nitrogens with zero attached hydrogens (tertiary/aromatic N) is 6. The van der Waals surface area contributed by atoms with Crippen molar-refractivity contribution in [1.29, 1.82) is 0 Å². The van der Waals surface area contributed by atoms with Crippen LogP contribution in [0.4, 0.5) is 11.5 Å². The van der Waals surface area contributed by atoms with Gasteiger partial charge < -0.3 is 9.80 Å². The number of rotatable bonds is 3. The quantitative estimate of drug-likeness (QED) is 0.777. The Hall–Kier alpha value is -1.96. The molecule has 1 aliphatic rings. The van der Waals surface area contributed by atoms with Crippen molar-refractivity contribution in [3.63, 3.8) is 0 Å². The van der Waals surface area contributed by atoms with E-state index in [9.17, 15) is 4.79 Å². The summed E-state index contributed by atoms with van der Waals surface area (Å²) in [5.41, 5.74) is 1.73. The van der Waals surface area contributed by atoms with Crippen molar-refractivity contribution in [2.45, 2.75) is 26.7 Å². The average molecular weight is 407 g/mol. The van der Waals surface area contributed by atoms with E-state index in [1.807, 2.05) is 13.0 Å². The molecule has 0 unspecified atom stereocenters. The van der Waals surface area contributed by atoms with Crippen molar-refractivity contribution < 1.29 is 0 Å². The lowest BCUT2D eigenvalue weighted by Crippen LogP contribution is -2.47. The molecule has 0 aliphatic carbocycles. The van der Waals surface area contributed by atoms with Crippen molar-refractivity contribution in [3.8, 4) is 0 Å². The highest BCUT2D eigenvalue weighted by molar-refractivity contribution is 9.10. The van der Waals surface area contributed by atoms with Gasteiger partial charge in [0.2, 0.25) is 0 Å². The Balaban J connectivity index is 1.77. The number of hydrogen-bond donors (Lipinski definition) is 0. The van der Waals surface area contributed by atoms with E-state index in [0.29, 0.717) is 10.4 Å². The van der Waals surface area contributed by atoms with Crippen LogP contribution in [0.5, 0.6) is 0 Å². The molecule has 0 N–H and O–H groups in total. The molecular formula is C17H23BrN6O. The summed E-state index contributed by atoms with van der Waals surface area (Å²) < 4.78 is 1.90. The molecule has 2 aromatic heterocycles. The minimum atomic E-state index is -0.118. The van der Waals surface area contributed by atoms with Crippen molar-refractivity contribution in [3.05, 3.63) is 38.6 Å². The zero-order chi connectivity index (χ0) is 18.1. The second kappa shape index (κ2) is 7.11. The SMILES string of the molecule is Cc1cc(N2CCN(c3cnn(C)c(=O)c3Br)CC2)nc(C(C)C)n1. The Bertz CT molecular complexity index is 826. The highest BCUT2D eigenvalue weighted by Crippen LogP contribution is 2.24. The Morgan fingerprint density at radius 3 is 2.40 bits per heavy atom. The van der Waals surface area contributed by atoms with Gasteiger partial charge in [-0.1, -0.05) is 13.8 Å². The van der Waals surface area contributed by atoms with Gasteiger partial charge in [-0.05, 0) is 22.9 Å². The number of halogens is 1. The van der Waals surface area contributed by atoms with Crippen LogP contribution in [0.1, 0.15) is 31.3 Å². The molecule has 0 bridgehead atoms. The van der Waals surface area contributed by atoms with Gasteiger partial charge in [-0.25, -0.2) is 14.6 Å². The summed E-state index contributed by atoms with van der Waals surface area (Å²) in [4.78, 5) is 25.8. The van der Waals surface area contributed by atoms with Crippen LogP contribution in [0.25, 0.3) is 0 Å². The Labute approximate surface area is 155 Å². The van der Waals surface area contributed by atoms with E-state index < -0.39 is 0 Å². The topological polar surface area (TPSA) is 67.2 Å². The standard InChI is InChI=1S/C17H23BrN6O/c1-11(2)16-20-12(3)9-14(21-16)24-7-5-23(6-8-24)13-10-19-22(4)17(25)15(13)18/h9-11H,5-8H2,1-4H3. The van der Waals surface area contributed by atoms with Crippen LogP contribution >= 0.6 is 15.9 Å². The third-order valence-electron chi connectivity index (χ3n) is 4.38. The van der Waals surface area contributed by atoms with Crippen molar-refractivity contribution in [2.75, 3.05) is 36.0 Å². The first-order valence-corrected chi connectivity index (χ1v) is 9.23. The van der Waals surface area contributed by atoms with Crippen LogP contribution in [-0.2, 0) is 7.05 Å². The van der Waals surface area contributed by atoms with E-state index >= 15 is 0 Å². The highest BCUT2D eigenvalue weighted by Gasteiger charge is 2.22. The van der Waals surface area contributed by atoms with E-state index in [2.05, 4.69) is 49.7 Å². The van der Waals surface area contributed by atoms with Gasteiger partial charge in [-0.15, -0.1) is 0 Å². The number of aryl methyl sites for hydroxylation is 2. The van der Waals surface area contributed by atoms with Crippen molar-refractivity contribution >= 4 is 27.4 Å². The maximum atomic E-state index is 12.1. The van der Waals surface area contributed by atoms with Crippen LogP contribution in [0.15, 0.2) is 21.5 Å². The van der Waals surface area contributed by atoms with E-state index in [-0.39, 0.29) is 5.56 Å². The highest BCUT2D eigenvalue weighted by atomic mass is 79.9. The van der Waals surface area contributed by atoms with Crippen molar-refractivity contribution in [1.82, 2.24) is 19.7 Å². The predicted octanol–water partition coefficient (Wildman–Crippen LogP) is 2.09. The fourth-order valence-electron chi connectivity index (χ4n) is 2.89. The first-order chi connectivity index (χ1) is 11.9. The first kappa shape index (κ1) is 17.8. The summed E-state index contributed by atoms with van der Waals surface area (Å²) in [6, 6.07) is 2.04. The number of anilines is 2. The largest absolute Gasteiger partial charge is 0.366 e. The second-order valence-electron chi connectivity index (χ2n) is 6.63.